The molecule has 1 aliphatic rings. The van der Waals surface area contributed by atoms with Crippen LogP contribution in [0.25, 0.3) is 0 Å². The maximum atomic E-state index is 13.4. The van der Waals surface area contributed by atoms with Crippen molar-refractivity contribution < 1.29 is 18.1 Å². The maximum Gasteiger partial charge on any atom is 0.238 e. The number of morpholine rings is 1. The van der Waals surface area contributed by atoms with E-state index in [9.17, 15) is 13.4 Å². The number of nitrogens with zero attached hydrogens (tertiary/aromatic N) is 1. The minimum atomic E-state index is -1.61. The third-order valence-electron chi connectivity index (χ3n) is 3.20. The number of rotatable bonds is 3. The lowest BCUT2D eigenvalue weighted by Crippen LogP contribution is -2.45. The van der Waals surface area contributed by atoms with E-state index in [1.54, 1.807) is 11.8 Å². The number of halogens is 1. The van der Waals surface area contributed by atoms with Crippen molar-refractivity contribution in [1.82, 2.24) is 4.90 Å². The molecular weight excluding hydrogens is 283 g/mol. The highest BCUT2D eigenvalue weighted by Gasteiger charge is 2.27. The fraction of sp³-hybridized carbons (Fsp3) is 0.462. The summed E-state index contributed by atoms with van der Waals surface area (Å²) >= 11 is 0. The molecule has 2 N–H and O–H groups in total. The molecule has 1 saturated heterocycles. The average molecular weight is 300 g/mol. The molecule has 0 aliphatic carbocycles. The Kier molecular flexibility index (Phi) is 4.72. The number of hydrogen-bond acceptors (Lipinski definition) is 4. The van der Waals surface area contributed by atoms with Gasteiger partial charge in [-0.3, -0.25) is 9.00 Å². The van der Waals surface area contributed by atoms with Gasteiger partial charge in [0.05, 0.1) is 29.7 Å². The summed E-state index contributed by atoms with van der Waals surface area (Å²) in [5, 5.41) is -0.726. The number of benzene rings is 1. The van der Waals surface area contributed by atoms with E-state index < -0.39 is 21.9 Å². The van der Waals surface area contributed by atoms with E-state index in [0.29, 0.717) is 26.3 Å². The Balaban J connectivity index is 2.10. The summed E-state index contributed by atoms with van der Waals surface area (Å²) in [7, 11) is -1.61. The molecule has 0 spiro atoms. The molecule has 5 nitrogen and oxygen atoms in total. The molecule has 0 radical (unpaired) electrons. The van der Waals surface area contributed by atoms with Crippen molar-refractivity contribution in [3.8, 4) is 0 Å². The van der Waals surface area contributed by atoms with Gasteiger partial charge in [-0.1, -0.05) is 0 Å². The van der Waals surface area contributed by atoms with Gasteiger partial charge in [-0.2, -0.15) is 0 Å². The van der Waals surface area contributed by atoms with Crippen LogP contribution >= 0.6 is 0 Å². The van der Waals surface area contributed by atoms with E-state index in [4.69, 9.17) is 10.5 Å². The number of nitrogen functional groups attached to an aromatic ring is 1. The second-order valence-electron chi connectivity index (χ2n) is 4.56. The molecule has 2 rings (SSSR count). The lowest BCUT2D eigenvalue weighted by Gasteiger charge is -2.29. The molecule has 2 unspecified atom stereocenters. The Morgan fingerprint density at radius 3 is 2.70 bits per heavy atom. The van der Waals surface area contributed by atoms with Crippen LogP contribution in [0.3, 0.4) is 0 Å². The molecule has 0 aromatic heterocycles. The topological polar surface area (TPSA) is 72.6 Å². The van der Waals surface area contributed by atoms with Crippen LogP contribution in [0.5, 0.6) is 0 Å². The van der Waals surface area contributed by atoms with E-state index in [1.165, 1.54) is 12.1 Å². The van der Waals surface area contributed by atoms with E-state index >= 15 is 0 Å². The first-order valence-electron chi connectivity index (χ1n) is 6.33. The van der Waals surface area contributed by atoms with Crippen molar-refractivity contribution >= 4 is 22.4 Å². The predicted octanol–water partition coefficient (Wildman–Crippen LogP) is 0.763. The Bertz CT molecular complexity index is 532. The quantitative estimate of drug-likeness (QED) is 0.837. The summed E-state index contributed by atoms with van der Waals surface area (Å²) < 4.78 is 30.9. The first-order chi connectivity index (χ1) is 9.50. The zero-order valence-corrected chi connectivity index (χ0v) is 12.0. The minimum Gasteiger partial charge on any atom is -0.396 e. The zero-order chi connectivity index (χ0) is 14.7. The molecule has 2 atom stereocenters. The first kappa shape index (κ1) is 14.9. The Morgan fingerprint density at radius 2 is 2.10 bits per heavy atom. The number of nitrogens with two attached hydrogens (primary N) is 1. The third-order valence-corrected chi connectivity index (χ3v) is 4.76. The number of carbonyl (C=O) groups is 1. The summed E-state index contributed by atoms with van der Waals surface area (Å²) in [6.07, 6.45) is 0. The molecule has 110 valence electrons. The van der Waals surface area contributed by atoms with Crippen LogP contribution in [-0.4, -0.2) is 46.6 Å². The Labute approximate surface area is 119 Å². The van der Waals surface area contributed by atoms with Gasteiger partial charge in [0.15, 0.2) is 0 Å². The third kappa shape index (κ3) is 3.16. The Morgan fingerprint density at radius 1 is 1.45 bits per heavy atom. The summed E-state index contributed by atoms with van der Waals surface area (Å²) in [4.78, 5) is 14.1. The molecular formula is C13H17FN2O3S. The first-order valence-corrected chi connectivity index (χ1v) is 7.54. The normalized spacial score (nSPS) is 18.6. The van der Waals surface area contributed by atoms with Crippen molar-refractivity contribution in [3.05, 3.63) is 24.0 Å². The van der Waals surface area contributed by atoms with Crippen molar-refractivity contribution in [1.29, 1.82) is 0 Å². The van der Waals surface area contributed by atoms with Crippen molar-refractivity contribution in [2.45, 2.75) is 17.1 Å². The van der Waals surface area contributed by atoms with Crippen LogP contribution in [0.4, 0.5) is 10.1 Å². The van der Waals surface area contributed by atoms with Gasteiger partial charge in [-0.15, -0.1) is 0 Å². The van der Waals surface area contributed by atoms with Gasteiger partial charge in [-0.25, -0.2) is 4.39 Å². The maximum absolute atomic E-state index is 13.4. The van der Waals surface area contributed by atoms with Gasteiger partial charge >= 0.3 is 0 Å². The fourth-order valence-corrected chi connectivity index (χ4v) is 3.13. The van der Waals surface area contributed by atoms with Gasteiger partial charge in [-0.05, 0) is 25.1 Å². The van der Waals surface area contributed by atoms with E-state index in [2.05, 4.69) is 0 Å². The summed E-state index contributed by atoms with van der Waals surface area (Å²) in [6.45, 7) is 3.55. The van der Waals surface area contributed by atoms with Gasteiger partial charge in [0.2, 0.25) is 5.91 Å². The smallest absolute Gasteiger partial charge is 0.238 e. The van der Waals surface area contributed by atoms with E-state index in [-0.39, 0.29) is 16.5 Å². The number of ether oxygens (including phenoxy) is 1. The zero-order valence-electron chi connectivity index (χ0n) is 11.2. The lowest BCUT2D eigenvalue weighted by atomic mass is 10.3. The number of anilines is 1. The number of carbonyl (C=O) groups excluding carboxylic acids is 1. The van der Waals surface area contributed by atoms with Gasteiger partial charge in [0.25, 0.3) is 0 Å². The summed E-state index contributed by atoms with van der Waals surface area (Å²) in [6, 6.07) is 3.96. The van der Waals surface area contributed by atoms with Crippen LogP contribution in [-0.2, 0) is 20.3 Å². The van der Waals surface area contributed by atoms with Crippen LogP contribution < -0.4 is 5.73 Å². The van der Waals surface area contributed by atoms with E-state index in [0.717, 1.165) is 6.07 Å². The molecule has 20 heavy (non-hydrogen) atoms. The van der Waals surface area contributed by atoms with Gasteiger partial charge < -0.3 is 15.4 Å². The monoisotopic (exact) mass is 300 g/mol. The van der Waals surface area contributed by atoms with E-state index in [1.807, 2.05) is 0 Å². The molecule has 1 aromatic carbocycles. The highest BCUT2D eigenvalue weighted by molar-refractivity contribution is 7.86. The molecule has 1 fully saturated rings. The fourth-order valence-electron chi connectivity index (χ4n) is 1.97. The average Bonchev–Trinajstić information content (AvgIpc) is 2.48. The lowest BCUT2D eigenvalue weighted by molar-refractivity contribution is -0.134. The second-order valence-corrected chi connectivity index (χ2v) is 6.33. The van der Waals surface area contributed by atoms with Crippen LogP contribution in [0.2, 0.25) is 0 Å². The van der Waals surface area contributed by atoms with Crippen molar-refractivity contribution in [2.24, 2.45) is 0 Å². The van der Waals surface area contributed by atoms with Gasteiger partial charge in [0.1, 0.15) is 11.1 Å². The highest BCUT2D eigenvalue weighted by atomic mass is 32.2. The second kappa shape index (κ2) is 6.32. The molecule has 1 aliphatic heterocycles. The standard InChI is InChI=1S/C13H17FN2O3S/c1-9(13(17)16-4-6-19-7-5-16)20(18)10-2-3-12(15)11(14)8-10/h2-3,8-9H,4-7,15H2,1H3. The predicted molar refractivity (Wildman–Crippen MR) is 74.1 cm³/mol. The molecule has 1 heterocycles. The number of amides is 1. The summed E-state index contributed by atoms with van der Waals surface area (Å²) in [5.74, 6) is -0.828. The van der Waals surface area contributed by atoms with Crippen LogP contribution in [0.1, 0.15) is 6.92 Å². The highest BCUT2D eigenvalue weighted by Crippen LogP contribution is 2.18. The molecule has 7 heteroatoms. The van der Waals surface area contributed by atoms with Crippen LogP contribution in [0.15, 0.2) is 23.1 Å². The molecule has 0 saturated carbocycles. The van der Waals surface area contributed by atoms with Crippen molar-refractivity contribution in [3.63, 3.8) is 0 Å². The minimum absolute atomic E-state index is 0.00194. The van der Waals surface area contributed by atoms with Crippen LogP contribution in [0, 0.1) is 5.82 Å². The Hall–Kier alpha value is -1.47. The van der Waals surface area contributed by atoms with Crippen molar-refractivity contribution in [2.75, 3.05) is 32.0 Å². The summed E-state index contributed by atoms with van der Waals surface area (Å²) in [5.41, 5.74) is 5.38. The SMILES string of the molecule is CC(C(=O)N1CCOCC1)S(=O)c1ccc(N)c(F)c1. The largest absolute Gasteiger partial charge is 0.396 e. The molecule has 1 aromatic rings. The molecule has 1 amide bonds. The van der Waals surface area contributed by atoms with Gasteiger partial charge in [0, 0.05) is 18.0 Å². The number of hydrogen-bond donors (Lipinski definition) is 1. The molecule has 0 bridgehead atoms.